The number of aromatic nitrogens is 2. The standard InChI is InChI=1S/C43H25N3O/c44-26-27-22-29(28-10-9-11-30(24-28)45-36-16-5-1-12-32(36)33-13-2-6-17-37(33)45)25-31(23-27)46-38-18-7-3-14-34(38)42-39(46)20-21-41-43(42)35-15-4-8-19-40(35)47-41/h1-25H. The van der Waals surface area contributed by atoms with Gasteiger partial charge in [0.05, 0.1) is 33.7 Å². The molecule has 0 fully saturated rings. The smallest absolute Gasteiger partial charge is 0.136 e. The monoisotopic (exact) mass is 599 g/mol. The highest BCUT2D eigenvalue weighted by Crippen LogP contribution is 2.42. The third kappa shape index (κ3) is 3.69. The van der Waals surface area contributed by atoms with E-state index in [0.717, 1.165) is 66.2 Å². The fraction of sp³-hybridized carbons (Fsp3) is 0. The zero-order valence-electron chi connectivity index (χ0n) is 25.2. The fourth-order valence-corrected chi connectivity index (χ4v) is 7.55. The highest BCUT2D eigenvalue weighted by atomic mass is 16.3. The van der Waals surface area contributed by atoms with Gasteiger partial charge in [0.15, 0.2) is 0 Å². The number of rotatable bonds is 3. The van der Waals surface area contributed by atoms with Crippen LogP contribution in [0.4, 0.5) is 0 Å². The highest BCUT2D eigenvalue weighted by molar-refractivity contribution is 6.27. The van der Waals surface area contributed by atoms with E-state index in [9.17, 15) is 5.26 Å². The van der Waals surface area contributed by atoms with Gasteiger partial charge in [-0.3, -0.25) is 0 Å². The van der Waals surface area contributed by atoms with Crippen molar-refractivity contribution < 1.29 is 4.42 Å². The van der Waals surface area contributed by atoms with Crippen LogP contribution in [0.15, 0.2) is 156 Å². The number of fused-ring (bicyclic) bond motifs is 10. The summed E-state index contributed by atoms with van der Waals surface area (Å²) in [6, 6.07) is 55.3. The van der Waals surface area contributed by atoms with Gasteiger partial charge in [0.2, 0.25) is 0 Å². The lowest BCUT2D eigenvalue weighted by atomic mass is 10.0. The van der Waals surface area contributed by atoms with Gasteiger partial charge >= 0.3 is 0 Å². The summed E-state index contributed by atoms with van der Waals surface area (Å²) in [7, 11) is 0. The van der Waals surface area contributed by atoms with Crippen molar-refractivity contribution >= 4 is 65.6 Å². The molecule has 10 rings (SSSR count). The molecule has 0 atom stereocenters. The molecule has 0 amide bonds. The van der Waals surface area contributed by atoms with Crippen molar-refractivity contribution in [3.63, 3.8) is 0 Å². The summed E-state index contributed by atoms with van der Waals surface area (Å²) in [4.78, 5) is 0. The Kier molecular flexibility index (Phi) is 5.32. The Morgan fingerprint density at radius 1 is 0.426 bits per heavy atom. The lowest BCUT2D eigenvalue weighted by Crippen LogP contribution is -1.97. The molecule has 7 aromatic carbocycles. The molecule has 0 saturated heterocycles. The Morgan fingerprint density at radius 3 is 1.79 bits per heavy atom. The summed E-state index contributed by atoms with van der Waals surface area (Å²) in [5, 5.41) is 17.2. The van der Waals surface area contributed by atoms with E-state index in [0.29, 0.717) is 5.56 Å². The summed E-state index contributed by atoms with van der Waals surface area (Å²) in [6.07, 6.45) is 0. The minimum atomic E-state index is 0.612. The van der Waals surface area contributed by atoms with Gasteiger partial charge in [-0.05, 0) is 77.9 Å². The molecule has 0 aliphatic rings. The Bertz CT molecular complexity index is 2880. The van der Waals surface area contributed by atoms with Crippen LogP contribution in [0.1, 0.15) is 5.56 Å². The number of nitrogens with zero attached hydrogens (tertiary/aromatic N) is 3. The number of para-hydroxylation sites is 4. The average molecular weight is 600 g/mol. The SMILES string of the molecule is N#Cc1cc(-c2cccc(-n3c4ccccc4c4ccccc43)c2)cc(-n2c3ccccc3c3c4c(ccc32)oc2ccccc24)c1. The number of hydrogen-bond acceptors (Lipinski definition) is 2. The van der Waals surface area contributed by atoms with Gasteiger partial charge in [0.1, 0.15) is 11.2 Å². The molecular formula is C43H25N3O. The minimum absolute atomic E-state index is 0.612. The van der Waals surface area contributed by atoms with Gasteiger partial charge in [-0.25, -0.2) is 0 Å². The first-order chi connectivity index (χ1) is 23.3. The number of nitriles is 1. The zero-order chi connectivity index (χ0) is 31.1. The maximum absolute atomic E-state index is 10.3. The van der Waals surface area contributed by atoms with E-state index in [4.69, 9.17) is 4.42 Å². The largest absolute Gasteiger partial charge is 0.456 e. The molecule has 0 saturated carbocycles. The van der Waals surface area contributed by atoms with Crippen LogP contribution in [-0.4, -0.2) is 9.13 Å². The average Bonchev–Trinajstić information content (AvgIpc) is 3.79. The number of benzene rings is 7. The summed E-state index contributed by atoms with van der Waals surface area (Å²) in [5.74, 6) is 0. The zero-order valence-corrected chi connectivity index (χ0v) is 25.2. The molecule has 0 unspecified atom stereocenters. The summed E-state index contributed by atoms with van der Waals surface area (Å²) in [6.45, 7) is 0. The summed E-state index contributed by atoms with van der Waals surface area (Å²) < 4.78 is 10.9. The van der Waals surface area contributed by atoms with Gasteiger partial charge in [0, 0.05) is 43.7 Å². The van der Waals surface area contributed by atoms with Gasteiger partial charge in [-0.2, -0.15) is 5.26 Å². The number of furan rings is 1. The topological polar surface area (TPSA) is 46.8 Å². The first kappa shape index (κ1) is 25.7. The fourth-order valence-electron chi connectivity index (χ4n) is 7.55. The van der Waals surface area contributed by atoms with Crippen LogP contribution in [0.3, 0.4) is 0 Å². The Morgan fingerprint density at radius 2 is 1.04 bits per heavy atom. The molecule has 3 heterocycles. The van der Waals surface area contributed by atoms with E-state index < -0.39 is 0 Å². The van der Waals surface area contributed by atoms with E-state index in [-0.39, 0.29) is 0 Å². The molecule has 0 spiro atoms. The van der Waals surface area contributed by atoms with Crippen molar-refractivity contribution in [1.82, 2.24) is 9.13 Å². The maximum atomic E-state index is 10.3. The van der Waals surface area contributed by atoms with Crippen LogP contribution in [0, 0.1) is 11.3 Å². The van der Waals surface area contributed by atoms with Gasteiger partial charge in [0.25, 0.3) is 0 Å². The van der Waals surface area contributed by atoms with E-state index in [1.807, 2.05) is 24.3 Å². The van der Waals surface area contributed by atoms with E-state index in [1.165, 1.54) is 21.8 Å². The second-order valence-corrected chi connectivity index (χ2v) is 12.1. The third-order valence-corrected chi connectivity index (χ3v) is 9.50. The first-order valence-corrected chi connectivity index (χ1v) is 15.7. The minimum Gasteiger partial charge on any atom is -0.456 e. The van der Waals surface area contributed by atoms with Crippen molar-refractivity contribution in [2.45, 2.75) is 0 Å². The van der Waals surface area contributed by atoms with Crippen LogP contribution in [-0.2, 0) is 0 Å². The van der Waals surface area contributed by atoms with Crippen LogP contribution >= 0.6 is 0 Å². The van der Waals surface area contributed by atoms with Crippen LogP contribution in [0.5, 0.6) is 0 Å². The second-order valence-electron chi connectivity index (χ2n) is 12.1. The predicted octanol–water partition coefficient (Wildman–Crippen LogP) is 11.3. The quantitative estimate of drug-likeness (QED) is 0.203. The lowest BCUT2D eigenvalue weighted by Gasteiger charge is -2.13. The van der Waals surface area contributed by atoms with Gasteiger partial charge in [-0.15, -0.1) is 0 Å². The van der Waals surface area contributed by atoms with Crippen LogP contribution in [0.2, 0.25) is 0 Å². The molecule has 47 heavy (non-hydrogen) atoms. The van der Waals surface area contributed by atoms with Gasteiger partial charge in [-0.1, -0.05) is 84.9 Å². The summed E-state index contributed by atoms with van der Waals surface area (Å²) >= 11 is 0. The molecule has 4 heteroatoms. The molecular weight excluding hydrogens is 574 g/mol. The van der Waals surface area contributed by atoms with Crippen LogP contribution < -0.4 is 0 Å². The van der Waals surface area contributed by atoms with Crippen molar-refractivity contribution in [2.75, 3.05) is 0 Å². The van der Waals surface area contributed by atoms with Crippen molar-refractivity contribution in [3.05, 3.63) is 157 Å². The molecule has 0 aliphatic heterocycles. The maximum Gasteiger partial charge on any atom is 0.136 e. The Balaban J connectivity index is 1.22. The second kappa shape index (κ2) is 9.71. The van der Waals surface area contributed by atoms with E-state index in [1.54, 1.807) is 0 Å². The van der Waals surface area contributed by atoms with Crippen LogP contribution in [0.25, 0.3) is 88.1 Å². The molecule has 10 aromatic rings. The number of hydrogen-bond donors (Lipinski definition) is 0. The molecule has 0 N–H and O–H groups in total. The molecule has 0 aliphatic carbocycles. The molecule has 0 radical (unpaired) electrons. The van der Waals surface area contributed by atoms with Crippen molar-refractivity contribution in [1.29, 1.82) is 5.26 Å². The summed E-state index contributed by atoms with van der Waals surface area (Å²) in [5.41, 5.74) is 10.9. The molecule has 4 nitrogen and oxygen atoms in total. The third-order valence-electron chi connectivity index (χ3n) is 9.50. The molecule has 3 aromatic heterocycles. The molecule has 218 valence electrons. The van der Waals surface area contributed by atoms with Crippen molar-refractivity contribution in [3.8, 4) is 28.6 Å². The lowest BCUT2D eigenvalue weighted by molar-refractivity contribution is 0.669. The van der Waals surface area contributed by atoms with E-state index >= 15 is 0 Å². The Labute approximate surface area is 269 Å². The van der Waals surface area contributed by atoms with Crippen molar-refractivity contribution in [2.24, 2.45) is 0 Å². The normalized spacial score (nSPS) is 11.8. The van der Waals surface area contributed by atoms with Gasteiger partial charge < -0.3 is 13.6 Å². The van der Waals surface area contributed by atoms with E-state index in [2.05, 4.69) is 143 Å². The molecule has 0 bridgehead atoms. The Hall–Kier alpha value is -6.57. The highest BCUT2D eigenvalue weighted by Gasteiger charge is 2.19. The first-order valence-electron chi connectivity index (χ1n) is 15.7. The predicted molar refractivity (Wildman–Crippen MR) is 193 cm³/mol.